The molecule has 3 rings (SSSR count). The van der Waals surface area contributed by atoms with E-state index in [0.29, 0.717) is 5.56 Å². The number of benzene rings is 3. The van der Waals surface area contributed by atoms with Gasteiger partial charge in [0.1, 0.15) is 5.82 Å². The molecular formula is C19H16FNO2. The van der Waals surface area contributed by atoms with Gasteiger partial charge < -0.3 is 10.4 Å². The SMILES string of the molecule is O=C(NCc1ccc(F)c(CO)c1)c1ccc2ccccc2c1. The van der Waals surface area contributed by atoms with Gasteiger partial charge in [-0.15, -0.1) is 0 Å². The first-order valence-electron chi connectivity index (χ1n) is 7.32. The van der Waals surface area contributed by atoms with Crippen LogP contribution in [0.25, 0.3) is 10.8 Å². The van der Waals surface area contributed by atoms with Crippen molar-refractivity contribution in [2.24, 2.45) is 0 Å². The second-order valence-electron chi connectivity index (χ2n) is 5.33. The zero-order valence-corrected chi connectivity index (χ0v) is 12.4. The van der Waals surface area contributed by atoms with Gasteiger partial charge in [0.05, 0.1) is 6.61 Å². The lowest BCUT2D eigenvalue weighted by molar-refractivity contribution is 0.0951. The Labute approximate surface area is 133 Å². The highest BCUT2D eigenvalue weighted by Gasteiger charge is 2.07. The fraction of sp³-hybridized carbons (Fsp3) is 0.105. The number of aliphatic hydroxyl groups excluding tert-OH is 1. The average molecular weight is 309 g/mol. The molecule has 3 aromatic carbocycles. The summed E-state index contributed by atoms with van der Waals surface area (Å²) in [4.78, 5) is 12.2. The van der Waals surface area contributed by atoms with E-state index >= 15 is 0 Å². The molecule has 0 aliphatic carbocycles. The second kappa shape index (κ2) is 6.58. The molecule has 0 aliphatic heterocycles. The van der Waals surface area contributed by atoms with Crippen molar-refractivity contribution in [1.82, 2.24) is 5.32 Å². The zero-order chi connectivity index (χ0) is 16.2. The topological polar surface area (TPSA) is 49.3 Å². The van der Waals surface area contributed by atoms with Crippen LogP contribution < -0.4 is 5.32 Å². The number of nitrogens with one attached hydrogen (secondary N) is 1. The molecule has 0 unspecified atom stereocenters. The summed E-state index contributed by atoms with van der Waals surface area (Å²) in [5.74, 6) is -0.636. The number of hydrogen-bond acceptors (Lipinski definition) is 2. The summed E-state index contributed by atoms with van der Waals surface area (Å²) < 4.78 is 13.3. The summed E-state index contributed by atoms with van der Waals surface area (Å²) in [5.41, 5.74) is 1.54. The van der Waals surface area contributed by atoms with E-state index in [4.69, 9.17) is 5.11 Å². The second-order valence-corrected chi connectivity index (χ2v) is 5.33. The van der Waals surface area contributed by atoms with Crippen molar-refractivity contribution in [3.63, 3.8) is 0 Å². The van der Waals surface area contributed by atoms with Crippen LogP contribution in [0.15, 0.2) is 60.7 Å². The van der Waals surface area contributed by atoms with Crippen LogP contribution in [0.3, 0.4) is 0 Å². The summed E-state index contributed by atoms with van der Waals surface area (Å²) in [7, 11) is 0. The van der Waals surface area contributed by atoms with E-state index in [-0.39, 0.29) is 24.6 Å². The molecule has 0 aliphatic rings. The average Bonchev–Trinajstić information content (AvgIpc) is 2.60. The smallest absolute Gasteiger partial charge is 0.251 e. The van der Waals surface area contributed by atoms with Gasteiger partial charge in [-0.25, -0.2) is 4.39 Å². The van der Waals surface area contributed by atoms with E-state index < -0.39 is 5.82 Å². The predicted octanol–water partition coefficient (Wildman–Crippen LogP) is 3.40. The monoisotopic (exact) mass is 309 g/mol. The van der Waals surface area contributed by atoms with E-state index in [1.165, 1.54) is 6.07 Å². The first-order chi connectivity index (χ1) is 11.2. The molecular weight excluding hydrogens is 293 g/mol. The van der Waals surface area contributed by atoms with Gasteiger partial charge in [-0.1, -0.05) is 36.4 Å². The molecule has 0 radical (unpaired) electrons. The lowest BCUT2D eigenvalue weighted by Crippen LogP contribution is -2.22. The Balaban J connectivity index is 1.73. The molecule has 0 bridgehead atoms. The number of fused-ring (bicyclic) bond motifs is 1. The van der Waals surface area contributed by atoms with Crippen molar-refractivity contribution >= 4 is 16.7 Å². The fourth-order valence-electron chi connectivity index (χ4n) is 2.47. The maximum atomic E-state index is 13.3. The summed E-state index contributed by atoms with van der Waals surface area (Å²) in [5, 5.41) is 14.0. The van der Waals surface area contributed by atoms with Crippen LogP contribution >= 0.6 is 0 Å². The number of rotatable bonds is 4. The molecule has 0 fully saturated rings. The van der Waals surface area contributed by atoms with E-state index in [2.05, 4.69) is 5.32 Å². The van der Waals surface area contributed by atoms with Crippen molar-refractivity contribution in [2.75, 3.05) is 0 Å². The minimum atomic E-state index is -0.447. The lowest BCUT2D eigenvalue weighted by atomic mass is 10.1. The third-order valence-electron chi connectivity index (χ3n) is 3.75. The van der Waals surface area contributed by atoms with E-state index in [1.807, 2.05) is 36.4 Å². The highest BCUT2D eigenvalue weighted by atomic mass is 19.1. The molecule has 23 heavy (non-hydrogen) atoms. The van der Waals surface area contributed by atoms with E-state index in [1.54, 1.807) is 18.2 Å². The number of halogens is 1. The summed E-state index contributed by atoms with van der Waals surface area (Å²) in [6.45, 7) is -0.0861. The standard InChI is InChI=1S/C19H16FNO2/c20-18-8-5-13(9-17(18)12-22)11-21-19(23)16-7-6-14-3-1-2-4-15(14)10-16/h1-10,22H,11-12H2,(H,21,23). The molecule has 3 nitrogen and oxygen atoms in total. The molecule has 3 aromatic rings. The molecule has 0 atom stereocenters. The largest absolute Gasteiger partial charge is 0.392 e. The minimum Gasteiger partial charge on any atom is -0.392 e. The quantitative estimate of drug-likeness (QED) is 0.776. The first-order valence-corrected chi connectivity index (χ1v) is 7.32. The van der Waals surface area contributed by atoms with Crippen LogP contribution in [-0.4, -0.2) is 11.0 Å². The van der Waals surface area contributed by atoms with Gasteiger partial charge in [-0.3, -0.25) is 4.79 Å². The number of carbonyl (C=O) groups is 1. The van der Waals surface area contributed by atoms with Crippen molar-refractivity contribution in [2.45, 2.75) is 13.2 Å². The molecule has 0 heterocycles. The molecule has 116 valence electrons. The number of amides is 1. The third kappa shape index (κ3) is 3.38. The number of carbonyl (C=O) groups excluding carboxylic acids is 1. The Bertz CT molecular complexity index is 861. The van der Waals surface area contributed by atoms with Gasteiger partial charge in [0, 0.05) is 17.7 Å². The Morgan fingerprint density at radius 2 is 1.78 bits per heavy atom. The third-order valence-corrected chi connectivity index (χ3v) is 3.75. The predicted molar refractivity (Wildman–Crippen MR) is 87.4 cm³/mol. The zero-order valence-electron chi connectivity index (χ0n) is 12.4. The number of hydrogen-bond donors (Lipinski definition) is 2. The van der Waals surface area contributed by atoms with Crippen LogP contribution in [0.5, 0.6) is 0 Å². The van der Waals surface area contributed by atoms with Crippen molar-refractivity contribution in [3.05, 3.63) is 83.2 Å². The van der Waals surface area contributed by atoms with Crippen LogP contribution in [0.4, 0.5) is 4.39 Å². The van der Waals surface area contributed by atoms with Gasteiger partial charge in [-0.2, -0.15) is 0 Å². The first kappa shape index (κ1) is 15.2. The Hall–Kier alpha value is -2.72. The van der Waals surface area contributed by atoms with Crippen LogP contribution in [0.1, 0.15) is 21.5 Å². The van der Waals surface area contributed by atoms with Crippen LogP contribution in [0.2, 0.25) is 0 Å². The normalized spacial score (nSPS) is 10.7. The summed E-state index contributed by atoms with van der Waals surface area (Å²) >= 11 is 0. The fourth-order valence-corrected chi connectivity index (χ4v) is 2.47. The minimum absolute atomic E-state index is 0.189. The summed E-state index contributed by atoms with van der Waals surface area (Å²) in [6.07, 6.45) is 0. The Kier molecular flexibility index (Phi) is 4.35. The Morgan fingerprint density at radius 3 is 2.57 bits per heavy atom. The maximum Gasteiger partial charge on any atom is 0.251 e. The molecule has 0 spiro atoms. The van der Waals surface area contributed by atoms with Crippen LogP contribution in [0, 0.1) is 5.82 Å². The van der Waals surface area contributed by atoms with Gasteiger partial charge in [0.15, 0.2) is 0 Å². The van der Waals surface area contributed by atoms with Gasteiger partial charge in [0.25, 0.3) is 5.91 Å². The molecule has 0 saturated heterocycles. The highest BCUT2D eigenvalue weighted by molar-refractivity contribution is 5.98. The van der Waals surface area contributed by atoms with E-state index in [0.717, 1.165) is 16.3 Å². The van der Waals surface area contributed by atoms with E-state index in [9.17, 15) is 9.18 Å². The molecule has 0 saturated carbocycles. The number of aliphatic hydroxyl groups is 1. The van der Waals surface area contributed by atoms with Crippen molar-refractivity contribution in [3.8, 4) is 0 Å². The highest BCUT2D eigenvalue weighted by Crippen LogP contribution is 2.16. The molecule has 4 heteroatoms. The van der Waals surface area contributed by atoms with Crippen LogP contribution in [-0.2, 0) is 13.2 Å². The maximum absolute atomic E-state index is 13.3. The van der Waals surface area contributed by atoms with Crippen molar-refractivity contribution < 1.29 is 14.3 Å². The summed E-state index contributed by atoms with van der Waals surface area (Å²) in [6, 6.07) is 17.8. The van der Waals surface area contributed by atoms with Gasteiger partial charge in [-0.05, 0) is 40.6 Å². The molecule has 0 aromatic heterocycles. The molecule has 2 N–H and O–H groups in total. The van der Waals surface area contributed by atoms with Gasteiger partial charge >= 0.3 is 0 Å². The van der Waals surface area contributed by atoms with Crippen molar-refractivity contribution in [1.29, 1.82) is 0 Å². The molecule has 1 amide bonds. The Morgan fingerprint density at radius 1 is 1.00 bits per heavy atom. The lowest BCUT2D eigenvalue weighted by Gasteiger charge is -2.08. The van der Waals surface area contributed by atoms with Gasteiger partial charge in [0.2, 0.25) is 0 Å².